The Morgan fingerprint density at radius 1 is 1.52 bits per heavy atom. The summed E-state index contributed by atoms with van der Waals surface area (Å²) in [7, 11) is 1.61. The number of benzene rings is 1. The second kappa shape index (κ2) is 7.12. The highest BCUT2D eigenvalue weighted by Crippen LogP contribution is 2.19. The summed E-state index contributed by atoms with van der Waals surface area (Å²) in [6.45, 7) is 0.387. The minimum Gasteiger partial charge on any atom is -0.375 e. The summed E-state index contributed by atoms with van der Waals surface area (Å²) in [6.07, 6.45) is 3.81. The lowest BCUT2D eigenvalue weighted by atomic mass is 10.1. The average Bonchev–Trinajstić information content (AvgIpc) is 3.09. The number of aromatic nitrogens is 2. The lowest BCUT2D eigenvalue weighted by Gasteiger charge is -2.16. The monoisotopic (exact) mass is 349 g/mol. The van der Waals surface area contributed by atoms with Crippen LogP contribution in [0.15, 0.2) is 42.0 Å². The Balaban J connectivity index is 1.57. The largest absolute Gasteiger partial charge is 0.375 e. The van der Waals surface area contributed by atoms with E-state index in [1.165, 1.54) is 0 Å². The number of thiazole rings is 1. The Morgan fingerprint density at radius 2 is 2.39 bits per heavy atom. The van der Waals surface area contributed by atoms with Crippen LogP contribution in [0.5, 0.6) is 0 Å². The number of carbonyl (C=O) groups excluding carboxylic acids is 1. The molecule has 3 aromatic rings. The number of fused-ring (bicyclic) bond motifs is 1. The zero-order valence-electron chi connectivity index (χ0n) is 12.5. The molecule has 1 amide bonds. The van der Waals surface area contributed by atoms with Crippen LogP contribution in [-0.4, -0.2) is 28.9 Å². The Labute approximate surface area is 142 Å². The molecule has 0 aliphatic carbocycles. The van der Waals surface area contributed by atoms with E-state index in [1.807, 2.05) is 40.4 Å². The molecule has 2 aromatic heterocycles. The predicted molar refractivity (Wildman–Crippen MR) is 91.0 cm³/mol. The molecule has 0 radical (unpaired) electrons. The number of methoxy groups -OCH3 is 1. The van der Waals surface area contributed by atoms with Crippen molar-refractivity contribution in [2.24, 2.45) is 0 Å². The molecular formula is C16H16ClN3O2S. The number of carbonyl (C=O) groups is 1. The van der Waals surface area contributed by atoms with Crippen molar-refractivity contribution in [1.82, 2.24) is 14.7 Å². The van der Waals surface area contributed by atoms with Crippen molar-refractivity contribution in [3.8, 4) is 0 Å². The van der Waals surface area contributed by atoms with Crippen molar-refractivity contribution in [3.05, 3.63) is 58.3 Å². The highest BCUT2D eigenvalue weighted by atomic mass is 35.5. The van der Waals surface area contributed by atoms with Crippen LogP contribution in [-0.2, 0) is 16.0 Å². The van der Waals surface area contributed by atoms with E-state index >= 15 is 0 Å². The zero-order chi connectivity index (χ0) is 16.2. The van der Waals surface area contributed by atoms with E-state index in [1.54, 1.807) is 24.5 Å². The van der Waals surface area contributed by atoms with Crippen LogP contribution in [0.1, 0.15) is 17.4 Å². The normalized spacial score (nSPS) is 12.4. The lowest BCUT2D eigenvalue weighted by molar-refractivity contribution is -0.121. The Morgan fingerprint density at radius 3 is 3.13 bits per heavy atom. The fraction of sp³-hybridized carbons (Fsp3) is 0.250. The number of amides is 1. The topological polar surface area (TPSA) is 55.6 Å². The molecule has 1 N–H and O–H groups in total. The fourth-order valence-electron chi connectivity index (χ4n) is 2.34. The first-order valence-corrected chi connectivity index (χ1v) is 8.37. The van der Waals surface area contributed by atoms with E-state index in [-0.39, 0.29) is 18.4 Å². The van der Waals surface area contributed by atoms with Crippen molar-refractivity contribution in [1.29, 1.82) is 0 Å². The Bertz CT molecular complexity index is 786. The van der Waals surface area contributed by atoms with Crippen molar-refractivity contribution in [2.75, 3.05) is 13.7 Å². The number of hydrogen-bond acceptors (Lipinski definition) is 4. The fourth-order valence-corrected chi connectivity index (χ4v) is 3.26. The molecule has 1 aromatic carbocycles. The molecule has 5 nitrogen and oxygen atoms in total. The molecule has 1 atom stereocenters. The molecule has 2 heterocycles. The van der Waals surface area contributed by atoms with Gasteiger partial charge in [-0.05, 0) is 17.7 Å². The Hall–Kier alpha value is -1.89. The summed E-state index contributed by atoms with van der Waals surface area (Å²) in [6, 6.07) is 7.44. The van der Waals surface area contributed by atoms with Gasteiger partial charge in [0.25, 0.3) is 0 Å². The van der Waals surface area contributed by atoms with Crippen LogP contribution < -0.4 is 5.32 Å². The molecular weight excluding hydrogens is 334 g/mol. The lowest BCUT2D eigenvalue weighted by Crippen LogP contribution is -2.30. The summed E-state index contributed by atoms with van der Waals surface area (Å²) in [5.74, 6) is -0.0835. The van der Waals surface area contributed by atoms with Crippen molar-refractivity contribution in [3.63, 3.8) is 0 Å². The number of nitrogens with zero attached hydrogens (tertiary/aromatic N) is 2. The van der Waals surface area contributed by atoms with Gasteiger partial charge in [-0.2, -0.15) is 0 Å². The molecule has 0 aliphatic rings. The van der Waals surface area contributed by atoms with Gasteiger partial charge in [-0.3, -0.25) is 9.20 Å². The molecule has 0 spiro atoms. The average molecular weight is 350 g/mol. The van der Waals surface area contributed by atoms with E-state index < -0.39 is 0 Å². The molecule has 7 heteroatoms. The summed E-state index contributed by atoms with van der Waals surface area (Å²) >= 11 is 7.53. The van der Waals surface area contributed by atoms with Gasteiger partial charge in [-0.1, -0.05) is 23.7 Å². The van der Waals surface area contributed by atoms with Gasteiger partial charge < -0.3 is 10.1 Å². The first-order chi connectivity index (χ1) is 11.2. The van der Waals surface area contributed by atoms with Crippen molar-refractivity contribution >= 4 is 33.8 Å². The van der Waals surface area contributed by atoms with Gasteiger partial charge in [0.05, 0.1) is 18.2 Å². The van der Waals surface area contributed by atoms with Crippen LogP contribution in [0.2, 0.25) is 5.02 Å². The molecule has 0 saturated carbocycles. The number of hydrogen-bond donors (Lipinski definition) is 1. The number of rotatable bonds is 6. The highest BCUT2D eigenvalue weighted by Gasteiger charge is 2.14. The quantitative estimate of drug-likeness (QED) is 0.744. The third kappa shape index (κ3) is 3.90. The smallest absolute Gasteiger partial charge is 0.226 e. The summed E-state index contributed by atoms with van der Waals surface area (Å²) in [5, 5.41) is 5.49. The molecule has 23 heavy (non-hydrogen) atoms. The maximum Gasteiger partial charge on any atom is 0.226 e. The van der Waals surface area contributed by atoms with Gasteiger partial charge in [0.2, 0.25) is 5.91 Å². The molecule has 3 rings (SSSR count). The standard InChI is InChI=1S/C16H16ClN3O2S/c1-22-14(11-3-2-4-12(17)7-11)9-18-15(21)8-13-10-20-5-6-23-16(20)19-13/h2-7,10,14H,8-9H2,1H3,(H,18,21). The number of nitrogens with one attached hydrogen (secondary N) is 1. The zero-order valence-corrected chi connectivity index (χ0v) is 14.1. The van der Waals surface area contributed by atoms with Crippen molar-refractivity contribution < 1.29 is 9.53 Å². The Kier molecular flexibility index (Phi) is 4.95. The minimum atomic E-state index is -0.233. The summed E-state index contributed by atoms with van der Waals surface area (Å²) < 4.78 is 7.35. The molecule has 0 saturated heterocycles. The molecule has 0 fully saturated rings. The second-order valence-corrected chi connectivity index (χ2v) is 6.39. The van der Waals surface area contributed by atoms with Crippen LogP contribution in [0.4, 0.5) is 0 Å². The third-order valence-electron chi connectivity index (χ3n) is 3.47. The number of ether oxygens (including phenoxy) is 1. The molecule has 0 bridgehead atoms. The van der Waals surface area contributed by atoms with Crippen LogP contribution >= 0.6 is 22.9 Å². The van der Waals surface area contributed by atoms with Gasteiger partial charge in [-0.25, -0.2) is 4.98 Å². The first kappa shape index (κ1) is 16.0. The van der Waals surface area contributed by atoms with Gasteiger partial charge in [0, 0.05) is 36.5 Å². The predicted octanol–water partition coefficient (Wildman–Crippen LogP) is 3.10. The summed E-state index contributed by atoms with van der Waals surface area (Å²) in [4.78, 5) is 17.4. The van der Waals surface area contributed by atoms with E-state index in [0.29, 0.717) is 11.6 Å². The van der Waals surface area contributed by atoms with Crippen LogP contribution in [0.25, 0.3) is 4.96 Å². The minimum absolute atomic E-state index is 0.0835. The van der Waals surface area contributed by atoms with E-state index in [4.69, 9.17) is 16.3 Å². The summed E-state index contributed by atoms with van der Waals surface area (Å²) in [5.41, 5.74) is 1.69. The number of halogens is 1. The van der Waals surface area contributed by atoms with Crippen LogP contribution in [0.3, 0.4) is 0 Å². The second-order valence-electron chi connectivity index (χ2n) is 5.09. The van der Waals surface area contributed by atoms with E-state index in [0.717, 1.165) is 16.2 Å². The van der Waals surface area contributed by atoms with Crippen molar-refractivity contribution in [2.45, 2.75) is 12.5 Å². The maximum absolute atomic E-state index is 12.1. The molecule has 120 valence electrons. The maximum atomic E-state index is 12.1. The van der Waals surface area contributed by atoms with Gasteiger partial charge >= 0.3 is 0 Å². The molecule has 0 aliphatic heterocycles. The highest BCUT2D eigenvalue weighted by molar-refractivity contribution is 7.15. The SMILES string of the molecule is COC(CNC(=O)Cc1cn2ccsc2n1)c1cccc(Cl)c1. The first-order valence-electron chi connectivity index (χ1n) is 7.12. The van der Waals surface area contributed by atoms with Gasteiger partial charge in [0.15, 0.2) is 4.96 Å². The van der Waals surface area contributed by atoms with Crippen LogP contribution in [0, 0.1) is 0 Å². The van der Waals surface area contributed by atoms with Gasteiger partial charge in [0.1, 0.15) is 0 Å². The third-order valence-corrected chi connectivity index (χ3v) is 4.48. The molecule has 1 unspecified atom stereocenters. The van der Waals surface area contributed by atoms with E-state index in [2.05, 4.69) is 10.3 Å². The number of imidazole rings is 1. The van der Waals surface area contributed by atoms with Gasteiger partial charge in [-0.15, -0.1) is 11.3 Å². The van der Waals surface area contributed by atoms with E-state index in [9.17, 15) is 4.79 Å².